The van der Waals surface area contributed by atoms with E-state index < -0.39 is 86.1 Å². The molecule has 4 rings (SSSR count). The number of ether oxygens (including phenoxy) is 3. The van der Waals surface area contributed by atoms with Crippen LogP contribution in [0.2, 0.25) is 0 Å². The van der Waals surface area contributed by atoms with Crippen LogP contribution in [0.3, 0.4) is 0 Å². The number of carbonyl (C=O) groups is 2. The van der Waals surface area contributed by atoms with Crippen molar-refractivity contribution in [3.8, 4) is 0 Å². The minimum Gasteiger partial charge on any atom is -0.455 e. The fourth-order valence-corrected chi connectivity index (χ4v) is 4.21. The molecule has 3 aliphatic rings. The zero-order valence-corrected chi connectivity index (χ0v) is 13.6. The topological polar surface area (TPSA) is 116 Å². The van der Waals surface area contributed by atoms with Crippen LogP contribution in [-0.4, -0.2) is 49.3 Å². The summed E-state index contributed by atoms with van der Waals surface area (Å²) in [6.45, 7) is 0. The highest BCUT2D eigenvalue weighted by atomic mass is 32.2. The minimum absolute atomic E-state index is 0.132. The molecule has 5 unspecified atom stereocenters. The molecule has 27 heavy (non-hydrogen) atoms. The first-order valence-electron chi connectivity index (χ1n) is 7.42. The molecule has 0 aromatic heterocycles. The number of rotatable bonds is 3. The number of fused-ring (bicyclic) bond motifs is 1. The highest BCUT2D eigenvalue weighted by molar-refractivity contribution is 7.85. The maximum absolute atomic E-state index is 14.0. The number of hydrogen-bond acceptors (Lipinski definition) is 7. The average molecular weight is 412 g/mol. The molecule has 13 heteroatoms. The fourth-order valence-electron chi connectivity index (χ4n) is 3.58. The van der Waals surface area contributed by atoms with E-state index in [9.17, 15) is 35.6 Å². The molecule has 146 valence electrons. The summed E-state index contributed by atoms with van der Waals surface area (Å²) in [6.07, 6.45) is -3.66. The van der Waals surface area contributed by atoms with Gasteiger partial charge < -0.3 is 14.2 Å². The van der Waals surface area contributed by atoms with Crippen molar-refractivity contribution in [1.29, 1.82) is 0 Å². The molecule has 1 N–H and O–H groups in total. The molecule has 0 radical (unpaired) electrons. The van der Waals surface area contributed by atoms with Crippen molar-refractivity contribution in [1.82, 2.24) is 0 Å². The zero-order chi connectivity index (χ0) is 19.8. The van der Waals surface area contributed by atoms with Gasteiger partial charge in [0, 0.05) is 0 Å². The highest BCUT2D eigenvalue weighted by Gasteiger charge is 2.65. The van der Waals surface area contributed by atoms with Crippen LogP contribution < -0.4 is 0 Å². The third-order valence-electron chi connectivity index (χ3n) is 4.71. The Kier molecular flexibility index (Phi) is 3.78. The number of carbonyl (C=O) groups excluding carboxylic acids is 2. The Balaban J connectivity index is 1.69. The van der Waals surface area contributed by atoms with Gasteiger partial charge in [0.05, 0.1) is 12.0 Å². The van der Waals surface area contributed by atoms with Crippen LogP contribution in [-0.2, 0) is 29.1 Å². The number of esters is 2. The van der Waals surface area contributed by atoms with Crippen LogP contribution in [0, 0.1) is 29.2 Å². The third kappa shape index (κ3) is 2.45. The molecule has 3 aliphatic heterocycles. The van der Waals surface area contributed by atoms with E-state index in [-0.39, 0.29) is 6.42 Å². The van der Waals surface area contributed by atoms with Crippen LogP contribution in [0.5, 0.6) is 0 Å². The van der Waals surface area contributed by atoms with Crippen molar-refractivity contribution in [3.05, 3.63) is 28.8 Å². The maximum Gasteiger partial charge on any atom is 0.344 e. The smallest absolute Gasteiger partial charge is 0.344 e. The Bertz CT molecular complexity index is 964. The SMILES string of the molecule is O=C(OC1C2CC3C(=O)OC1C3O2)c1c(F)c(F)c(S(=O)(=O)O)c(F)c1F. The maximum atomic E-state index is 14.0. The minimum atomic E-state index is -5.65. The van der Waals surface area contributed by atoms with Crippen molar-refractivity contribution >= 4 is 22.1 Å². The average Bonchev–Trinajstić information content (AvgIpc) is 3.17. The number of benzene rings is 1. The molecule has 5 atom stereocenters. The van der Waals surface area contributed by atoms with Crippen LogP contribution in [0.4, 0.5) is 17.6 Å². The van der Waals surface area contributed by atoms with Gasteiger partial charge in [-0.05, 0) is 6.42 Å². The first kappa shape index (κ1) is 18.1. The Morgan fingerprint density at radius 2 is 1.67 bits per heavy atom. The highest BCUT2D eigenvalue weighted by Crippen LogP contribution is 2.47. The standard InChI is InChI=1S/C14H8F4O8S/c15-5-4(6(16)8(18)12(7(5)17)27(21,22)23)14(20)25-10-3-1-2-9(24-3)11(10)26-13(2)19/h2-3,9-11H,1H2,(H,21,22,23). The molecule has 2 bridgehead atoms. The van der Waals surface area contributed by atoms with Crippen molar-refractivity contribution in [3.63, 3.8) is 0 Å². The van der Waals surface area contributed by atoms with E-state index in [1.54, 1.807) is 0 Å². The molecule has 1 aromatic carbocycles. The van der Waals surface area contributed by atoms with Gasteiger partial charge in [0.25, 0.3) is 0 Å². The molecular formula is C14H8F4O8S. The second-order valence-electron chi connectivity index (χ2n) is 6.19. The van der Waals surface area contributed by atoms with Gasteiger partial charge in [-0.25, -0.2) is 22.4 Å². The van der Waals surface area contributed by atoms with Crippen molar-refractivity contribution in [2.45, 2.75) is 35.7 Å². The quantitative estimate of drug-likeness (QED) is 0.334. The molecule has 0 aliphatic carbocycles. The van der Waals surface area contributed by atoms with Crippen molar-refractivity contribution in [2.75, 3.05) is 0 Å². The molecule has 8 nitrogen and oxygen atoms in total. The molecule has 3 saturated heterocycles. The number of hydrogen-bond donors (Lipinski definition) is 1. The van der Waals surface area contributed by atoms with Crippen molar-refractivity contribution < 1.29 is 54.3 Å². The zero-order valence-electron chi connectivity index (χ0n) is 12.8. The summed E-state index contributed by atoms with van der Waals surface area (Å²) in [5.74, 6) is -12.7. The van der Waals surface area contributed by atoms with Gasteiger partial charge >= 0.3 is 22.1 Å². The second-order valence-corrected chi connectivity index (χ2v) is 7.55. The normalized spacial score (nSPS) is 31.3. The van der Waals surface area contributed by atoms with E-state index in [1.807, 2.05) is 0 Å². The van der Waals surface area contributed by atoms with Crippen LogP contribution in [0.15, 0.2) is 4.90 Å². The summed E-state index contributed by atoms with van der Waals surface area (Å²) in [7, 11) is -5.65. The summed E-state index contributed by atoms with van der Waals surface area (Å²) >= 11 is 0. The fraction of sp³-hybridized carbons (Fsp3) is 0.429. The van der Waals surface area contributed by atoms with Gasteiger partial charge in [0.15, 0.2) is 40.4 Å². The molecule has 1 aromatic rings. The van der Waals surface area contributed by atoms with E-state index in [1.165, 1.54) is 0 Å². The first-order chi connectivity index (χ1) is 12.5. The van der Waals surface area contributed by atoms with Gasteiger partial charge in [-0.1, -0.05) is 0 Å². The van der Waals surface area contributed by atoms with E-state index in [2.05, 4.69) is 0 Å². The predicted octanol–water partition coefficient (Wildman–Crippen LogP) is 0.728. The Hall–Kier alpha value is -2.25. The molecule has 3 fully saturated rings. The molecule has 0 amide bonds. The van der Waals surface area contributed by atoms with Gasteiger partial charge in [-0.2, -0.15) is 8.42 Å². The lowest BCUT2D eigenvalue weighted by atomic mass is 9.88. The first-order valence-corrected chi connectivity index (χ1v) is 8.86. The Morgan fingerprint density at radius 3 is 2.22 bits per heavy atom. The molecule has 0 spiro atoms. The van der Waals surface area contributed by atoms with E-state index >= 15 is 0 Å². The summed E-state index contributed by atoms with van der Waals surface area (Å²) < 4.78 is 101. The van der Waals surface area contributed by atoms with E-state index in [0.717, 1.165) is 0 Å². The Labute approximate surface area is 147 Å². The molecular weight excluding hydrogens is 404 g/mol. The molecule has 3 heterocycles. The van der Waals surface area contributed by atoms with Crippen LogP contribution in [0.1, 0.15) is 16.8 Å². The van der Waals surface area contributed by atoms with Crippen LogP contribution in [0.25, 0.3) is 0 Å². The van der Waals surface area contributed by atoms with Gasteiger partial charge in [-0.15, -0.1) is 0 Å². The van der Waals surface area contributed by atoms with Gasteiger partial charge in [0.2, 0.25) is 0 Å². The Morgan fingerprint density at radius 1 is 1.07 bits per heavy atom. The summed E-state index contributed by atoms with van der Waals surface area (Å²) in [4.78, 5) is 21.4. The van der Waals surface area contributed by atoms with E-state index in [4.69, 9.17) is 18.8 Å². The monoisotopic (exact) mass is 412 g/mol. The summed E-state index contributed by atoms with van der Waals surface area (Å²) in [6, 6.07) is 0. The largest absolute Gasteiger partial charge is 0.455 e. The summed E-state index contributed by atoms with van der Waals surface area (Å²) in [5, 5.41) is 0. The lowest BCUT2D eigenvalue weighted by Crippen LogP contribution is -2.40. The second kappa shape index (κ2) is 5.62. The van der Waals surface area contributed by atoms with E-state index in [0.29, 0.717) is 0 Å². The van der Waals surface area contributed by atoms with Crippen LogP contribution >= 0.6 is 0 Å². The van der Waals surface area contributed by atoms with Gasteiger partial charge in [0.1, 0.15) is 11.7 Å². The lowest BCUT2D eigenvalue weighted by Gasteiger charge is -2.22. The third-order valence-corrected chi connectivity index (χ3v) is 5.59. The number of halogens is 4. The van der Waals surface area contributed by atoms with Crippen molar-refractivity contribution in [2.24, 2.45) is 5.92 Å². The molecule has 0 saturated carbocycles. The summed E-state index contributed by atoms with van der Waals surface area (Å²) in [5.41, 5.74) is -1.83. The lowest BCUT2D eigenvalue weighted by molar-refractivity contribution is -0.145. The van der Waals surface area contributed by atoms with Gasteiger partial charge in [-0.3, -0.25) is 9.35 Å². The predicted molar refractivity (Wildman–Crippen MR) is 71.9 cm³/mol.